The molecule has 1 aliphatic rings. The van der Waals surface area contributed by atoms with Crippen LogP contribution in [0.5, 0.6) is 5.75 Å². The quantitative estimate of drug-likeness (QED) is 0.307. The third-order valence-corrected chi connectivity index (χ3v) is 4.55. The molecular formula is C22H37N3O3. The van der Waals surface area contributed by atoms with Crippen molar-refractivity contribution in [3.05, 3.63) is 29.8 Å². The monoisotopic (exact) mass is 391 g/mol. The topological polar surface area (TPSA) is 64.1 Å². The lowest BCUT2D eigenvalue weighted by Gasteiger charge is -2.12. The van der Waals surface area contributed by atoms with Crippen molar-refractivity contribution >= 4 is 5.96 Å². The minimum Gasteiger partial charge on any atom is -0.494 e. The summed E-state index contributed by atoms with van der Waals surface area (Å²) in [6.07, 6.45) is 5.41. The first kappa shape index (κ1) is 22.5. The fraction of sp³-hybridized carbons (Fsp3) is 0.682. The molecule has 1 atom stereocenters. The van der Waals surface area contributed by atoms with Crippen molar-refractivity contribution < 1.29 is 14.2 Å². The molecule has 158 valence electrons. The van der Waals surface area contributed by atoms with Gasteiger partial charge in [0.25, 0.3) is 0 Å². The average molecular weight is 392 g/mol. The van der Waals surface area contributed by atoms with Gasteiger partial charge in [-0.2, -0.15) is 0 Å². The summed E-state index contributed by atoms with van der Waals surface area (Å²) in [5.74, 6) is 1.82. The van der Waals surface area contributed by atoms with Gasteiger partial charge in [-0.25, -0.2) is 0 Å². The molecule has 0 saturated carbocycles. The lowest BCUT2D eigenvalue weighted by atomic mass is 10.1. The van der Waals surface area contributed by atoms with E-state index in [4.69, 9.17) is 14.2 Å². The van der Waals surface area contributed by atoms with Gasteiger partial charge in [-0.3, -0.25) is 4.99 Å². The van der Waals surface area contributed by atoms with Crippen LogP contribution in [0.25, 0.3) is 0 Å². The molecule has 1 heterocycles. The van der Waals surface area contributed by atoms with Crippen LogP contribution >= 0.6 is 0 Å². The normalized spacial score (nSPS) is 16.9. The summed E-state index contributed by atoms with van der Waals surface area (Å²) < 4.78 is 16.8. The van der Waals surface area contributed by atoms with Crippen molar-refractivity contribution in [2.24, 2.45) is 4.99 Å². The van der Waals surface area contributed by atoms with Gasteiger partial charge in [0.05, 0.1) is 19.3 Å². The highest BCUT2D eigenvalue weighted by atomic mass is 16.5. The van der Waals surface area contributed by atoms with Crippen LogP contribution < -0.4 is 15.4 Å². The summed E-state index contributed by atoms with van der Waals surface area (Å²) in [7, 11) is 0. The van der Waals surface area contributed by atoms with Crippen LogP contribution in [0.3, 0.4) is 0 Å². The molecule has 6 nitrogen and oxygen atoms in total. The Kier molecular flexibility index (Phi) is 11.4. The average Bonchev–Trinajstić information content (AvgIpc) is 3.22. The maximum atomic E-state index is 5.78. The summed E-state index contributed by atoms with van der Waals surface area (Å²) in [6, 6.07) is 8.38. The highest BCUT2D eigenvalue weighted by molar-refractivity contribution is 5.79. The van der Waals surface area contributed by atoms with Gasteiger partial charge in [-0.15, -0.1) is 0 Å². The Labute approximate surface area is 170 Å². The summed E-state index contributed by atoms with van der Waals surface area (Å²) in [6.45, 7) is 9.80. The molecule has 0 bridgehead atoms. The van der Waals surface area contributed by atoms with Gasteiger partial charge in [0.15, 0.2) is 5.96 Å². The molecular weight excluding hydrogens is 354 g/mol. The Morgan fingerprint density at radius 2 is 2.00 bits per heavy atom. The van der Waals surface area contributed by atoms with Gasteiger partial charge in [0.1, 0.15) is 5.75 Å². The van der Waals surface area contributed by atoms with Crippen molar-refractivity contribution in [2.75, 3.05) is 46.1 Å². The molecule has 28 heavy (non-hydrogen) atoms. The van der Waals surface area contributed by atoms with Gasteiger partial charge in [-0.05, 0) is 50.3 Å². The zero-order valence-electron chi connectivity index (χ0n) is 17.5. The Morgan fingerprint density at radius 3 is 2.71 bits per heavy atom. The first-order chi connectivity index (χ1) is 13.8. The fourth-order valence-corrected chi connectivity index (χ4v) is 2.90. The van der Waals surface area contributed by atoms with Gasteiger partial charge < -0.3 is 24.8 Å². The third kappa shape index (κ3) is 9.42. The first-order valence-corrected chi connectivity index (χ1v) is 10.7. The number of rotatable bonds is 13. The third-order valence-electron chi connectivity index (χ3n) is 4.55. The highest BCUT2D eigenvalue weighted by Crippen LogP contribution is 2.13. The van der Waals surface area contributed by atoms with E-state index >= 15 is 0 Å². The number of benzene rings is 1. The van der Waals surface area contributed by atoms with E-state index in [0.717, 1.165) is 89.9 Å². The van der Waals surface area contributed by atoms with Gasteiger partial charge >= 0.3 is 0 Å². The van der Waals surface area contributed by atoms with Crippen LogP contribution in [0, 0.1) is 0 Å². The molecule has 6 heteroatoms. The molecule has 0 aromatic heterocycles. The van der Waals surface area contributed by atoms with Gasteiger partial charge in [-0.1, -0.05) is 25.5 Å². The van der Waals surface area contributed by atoms with Gasteiger partial charge in [0, 0.05) is 32.8 Å². The number of unbranched alkanes of at least 4 members (excludes halogenated alkanes) is 1. The van der Waals surface area contributed by atoms with Crippen LogP contribution in [-0.2, 0) is 15.9 Å². The lowest BCUT2D eigenvalue weighted by molar-refractivity contribution is 0.0424. The molecule has 0 amide bonds. The predicted octanol–water partition coefficient (Wildman–Crippen LogP) is 3.16. The minimum absolute atomic E-state index is 0.277. The molecule has 1 aromatic rings. The van der Waals surface area contributed by atoms with Crippen molar-refractivity contribution in [3.63, 3.8) is 0 Å². The zero-order chi connectivity index (χ0) is 19.9. The molecule has 1 aromatic carbocycles. The minimum atomic E-state index is 0.277. The highest BCUT2D eigenvalue weighted by Gasteiger charge is 2.15. The summed E-state index contributed by atoms with van der Waals surface area (Å²) in [5, 5.41) is 6.70. The molecule has 1 aliphatic heterocycles. The van der Waals surface area contributed by atoms with E-state index in [9.17, 15) is 0 Å². The second kappa shape index (κ2) is 14.2. The second-order valence-electron chi connectivity index (χ2n) is 6.99. The van der Waals surface area contributed by atoms with Crippen molar-refractivity contribution in [1.29, 1.82) is 0 Å². The van der Waals surface area contributed by atoms with E-state index in [1.54, 1.807) is 0 Å². The van der Waals surface area contributed by atoms with Crippen LogP contribution in [-0.4, -0.2) is 58.1 Å². The number of ether oxygens (including phenoxy) is 3. The van der Waals surface area contributed by atoms with Crippen LogP contribution in [0.15, 0.2) is 29.3 Å². The molecule has 0 spiro atoms. The second-order valence-corrected chi connectivity index (χ2v) is 6.99. The molecule has 1 saturated heterocycles. The van der Waals surface area contributed by atoms with Crippen molar-refractivity contribution in [1.82, 2.24) is 10.6 Å². The Balaban J connectivity index is 1.62. The molecule has 2 rings (SSSR count). The summed E-state index contributed by atoms with van der Waals surface area (Å²) >= 11 is 0. The largest absolute Gasteiger partial charge is 0.494 e. The summed E-state index contributed by atoms with van der Waals surface area (Å²) in [4.78, 5) is 4.63. The molecule has 2 N–H and O–H groups in total. The van der Waals surface area contributed by atoms with E-state index in [0.29, 0.717) is 0 Å². The molecule has 0 radical (unpaired) electrons. The number of nitrogens with zero attached hydrogens (tertiary/aromatic N) is 1. The Hall–Kier alpha value is -1.79. The SMILES string of the molecule is CCCCOc1ccc(CCNC(=NCCCOC2CCOC2)NCC)cc1. The number of hydrogen-bond acceptors (Lipinski definition) is 4. The standard InChI is InChI=1S/C22H37N3O3/c1-3-5-15-27-20-9-7-19(8-10-20)11-14-25-22(23-4-2)24-13-6-16-28-21-12-17-26-18-21/h7-10,21H,3-6,11-18H2,1-2H3,(H2,23,24,25). The van der Waals surface area contributed by atoms with E-state index in [1.165, 1.54) is 5.56 Å². The van der Waals surface area contributed by atoms with E-state index in [-0.39, 0.29) is 6.10 Å². The Bertz CT molecular complexity index is 542. The number of guanidine groups is 1. The maximum Gasteiger partial charge on any atom is 0.191 e. The van der Waals surface area contributed by atoms with Crippen molar-refractivity contribution in [2.45, 2.75) is 52.1 Å². The summed E-state index contributed by atoms with van der Waals surface area (Å²) in [5.41, 5.74) is 1.29. The number of hydrogen-bond donors (Lipinski definition) is 2. The van der Waals surface area contributed by atoms with Crippen LogP contribution in [0.4, 0.5) is 0 Å². The number of aliphatic imine (C=N–C) groups is 1. The van der Waals surface area contributed by atoms with E-state index in [2.05, 4.69) is 53.7 Å². The van der Waals surface area contributed by atoms with E-state index in [1.807, 2.05) is 0 Å². The van der Waals surface area contributed by atoms with Gasteiger partial charge in [0.2, 0.25) is 0 Å². The molecule has 1 unspecified atom stereocenters. The van der Waals surface area contributed by atoms with Crippen LogP contribution in [0.1, 0.15) is 45.1 Å². The maximum absolute atomic E-state index is 5.78. The Morgan fingerprint density at radius 1 is 1.14 bits per heavy atom. The van der Waals surface area contributed by atoms with Crippen molar-refractivity contribution in [3.8, 4) is 5.75 Å². The predicted molar refractivity (Wildman–Crippen MR) is 114 cm³/mol. The fourth-order valence-electron chi connectivity index (χ4n) is 2.90. The number of nitrogens with one attached hydrogen (secondary N) is 2. The molecule has 0 aliphatic carbocycles. The van der Waals surface area contributed by atoms with E-state index < -0.39 is 0 Å². The smallest absolute Gasteiger partial charge is 0.191 e. The molecule has 1 fully saturated rings. The first-order valence-electron chi connectivity index (χ1n) is 10.7. The lowest BCUT2D eigenvalue weighted by Crippen LogP contribution is -2.38. The van der Waals surface area contributed by atoms with Crippen LogP contribution in [0.2, 0.25) is 0 Å². The zero-order valence-corrected chi connectivity index (χ0v) is 17.5.